The fourth-order valence-electron chi connectivity index (χ4n) is 2.58. The standard InChI is InChI=1S/C15H12N4OS/c1-3-8-18-9(2)16-13-12(14(18)20)21-15-17-10-6-4-5-7-11(10)19(13)15/h3-7H,1,8H2,2H3. The van der Waals surface area contributed by atoms with Crippen LogP contribution in [0.15, 0.2) is 41.7 Å². The van der Waals surface area contributed by atoms with Gasteiger partial charge in [0.05, 0.1) is 11.0 Å². The molecule has 0 aliphatic rings. The zero-order valence-corrected chi connectivity index (χ0v) is 12.2. The van der Waals surface area contributed by atoms with Gasteiger partial charge in [-0.25, -0.2) is 9.97 Å². The lowest BCUT2D eigenvalue weighted by Gasteiger charge is -2.05. The molecule has 6 heteroatoms. The average molecular weight is 296 g/mol. The molecular formula is C15H12N4OS. The van der Waals surface area contributed by atoms with Crippen molar-refractivity contribution in [3.8, 4) is 0 Å². The van der Waals surface area contributed by atoms with Crippen molar-refractivity contribution in [1.29, 1.82) is 0 Å². The molecule has 3 aromatic heterocycles. The summed E-state index contributed by atoms with van der Waals surface area (Å²) in [7, 11) is 0. The molecule has 0 aliphatic carbocycles. The van der Waals surface area contributed by atoms with Crippen molar-refractivity contribution in [1.82, 2.24) is 18.9 Å². The average Bonchev–Trinajstić information content (AvgIpc) is 3.00. The first-order chi connectivity index (χ1) is 10.2. The van der Waals surface area contributed by atoms with E-state index in [9.17, 15) is 4.79 Å². The van der Waals surface area contributed by atoms with Crippen molar-refractivity contribution in [2.45, 2.75) is 13.5 Å². The van der Waals surface area contributed by atoms with E-state index in [1.165, 1.54) is 11.3 Å². The van der Waals surface area contributed by atoms with Crippen molar-refractivity contribution in [2.24, 2.45) is 0 Å². The number of rotatable bonds is 2. The van der Waals surface area contributed by atoms with Gasteiger partial charge in [-0.1, -0.05) is 29.5 Å². The van der Waals surface area contributed by atoms with Crippen LogP contribution in [-0.2, 0) is 6.54 Å². The number of hydrogen-bond acceptors (Lipinski definition) is 4. The fraction of sp³-hybridized carbons (Fsp3) is 0.133. The van der Waals surface area contributed by atoms with Crippen LogP contribution in [0.3, 0.4) is 0 Å². The third-order valence-electron chi connectivity index (χ3n) is 3.55. The van der Waals surface area contributed by atoms with Crippen molar-refractivity contribution in [3.63, 3.8) is 0 Å². The highest BCUT2D eigenvalue weighted by Crippen LogP contribution is 2.27. The highest BCUT2D eigenvalue weighted by molar-refractivity contribution is 7.23. The number of thiazole rings is 1. The number of aryl methyl sites for hydroxylation is 1. The molecule has 0 saturated heterocycles. The van der Waals surface area contributed by atoms with Crippen LogP contribution in [0.5, 0.6) is 0 Å². The van der Waals surface area contributed by atoms with E-state index in [2.05, 4.69) is 16.5 Å². The van der Waals surface area contributed by atoms with E-state index in [0.717, 1.165) is 16.0 Å². The summed E-state index contributed by atoms with van der Waals surface area (Å²) in [5, 5.41) is 0. The summed E-state index contributed by atoms with van der Waals surface area (Å²) >= 11 is 1.38. The first kappa shape index (κ1) is 12.3. The molecule has 5 nitrogen and oxygen atoms in total. The zero-order chi connectivity index (χ0) is 14.6. The minimum Gasteiger partial charge on any atom is -0.292 e. The van der Waals surface area contributed by atoms with E-state index in [-0.39, 0.29) is 5.56 Å². The molecule has 104 valence electrons. The van der Waals surface area contributed by atoms with Crippen LogP contribution in [0.1, 0.15) is 5.82 Å². The summed E-state index contributed by atoms with van der Waals surface area (Å²) in [4.78, 5) is 22.6. The second kappa shape index (κ2) is 4.26. The molecule has 0 unspecified atom stereocenters. The predicted octanol–water partition coefficient (Wildman–Crippen LogP) is 2.75. The van der Waals surface area contributed by atoms with Gasteiger partial charge in [-0.05, 0) is 19.1 Å². The van der Waals surface area contributed by atoms with E-state index in [1.54, 1.807) is 10.6 Å². The van der Waals surface area contributed by atoms with E-state index < -0.39 is 0 Å². The number of para-hydroxylation sites is 2. The second-order valence-corrected chi connectivity index (χ2v) is 5.81. The maximum Gasteiger partial charge on any atom is 0.273 e. The maximum atomic E-state index is 12.6. The summed E-state index contributed by atoms with van der Waals surface area (Å²) in [6, 6.07) is 7.88. The monoisotopic (exact) mass is 296 g/mol. The van der Waals surface area contributed by atoms with E-state index in [1.807, 2.05) is 35.6 Å². The van der Waals surface area contributed by atoms with Crippen LogP contribution < -0.4 is 5.56 Å². The number of hydrogen-bond donors (Lipinski definition) is 0. The Hall–Kier alpha value is -2.47. The molecule has 0 aliphatic heterocycles. The molecule has 0 atom stereocenters. The van der Waals surface area contributed by atoms with Gasteiger partial charge in [-0.15, -0.1) is 6.58 Å². The Bertz CT molecular complexity index is 1070. The first-order valence-electron chi connectivity index (χ1n) is 6.58. The lowest BCUT2D eigenvalue weighted by molar-refractivity contribution is 0.728. The van der Waals surface area contributed by atoms with Crippen LogP contribution in [0.4, 0.5) is 0 Å². The Labute approximate surface area is 123 Å². The molecule has 0 bridgehead atoms. The topological polar surface area (TPSA) is 52.2 Å². The third-order valence-corrected chi connectivity index (χ3v) is 4.57. The highest BCUT2D eigenvalue weighted by Gasteiger charge is 2.16. The summed E-state index contributed by atoms with van der Waals surface area (Å²) < 4.78 is 4.23. The van der Waals surface area contributed by atoms with Gasteiger partial charge in [0.15, 0.2) is 10.6 Å². The van der Waals surface area contributed by atoms with Crippen molar-refractivity contribution in [3.05, 3.63) is 53.1 Å². The maximum absolute atomic E-state index is 12.6. The lowest BCUT2D eigenvalue weighted by atomic mass is 10.3. The highest BCUT2D eigenvalue weighted by atomic mass is 32.1. The van der Waals surface area contributed by atoms with Gasteiger partial charge in [0.1, 0.15) is 10.5 Å². The Morgan fingerprint density at radius 1 is 1.33 bits per heavy atom. The first-order valence-corrected chi connectivity index (χ1v) is 7.40. The van der Waals surface area contributed by atoms with E-state index in [0.29, 0.717) is 22.7 Å². The second-order valence-electron chi connectivity index (χ2n) is 4.84. The van der Waals surface area contributed by atoms with Gasteiger partial charge in [-0.3, -0.25) is 13.8 Å². The summed E-state index contributed by atoms with van der Waals surface area (Å²) in [6.45, 7) is 6.00. The number of allylic oxidation sites excluding steroid dienone is 1. The third kappa shape index (κ3) is 1.59. The van der Waals surface area contributed by atoms with Crippen molar-refractivity contribution < 1.29 is 0 Å². The molecule has 4 rings (SSSR count). The fourth-order valence-corrected chi connectivity index (χ4v) is 3.61. The van der Waals surface area contributed by atoms with Gasteiger partial charge in [0, 0.05) is 6.54 Å². The van der Waals surface area contributed by atoms with Gasteiger partial charge in [0.2, 0.25) is 0 Å². The molecule has 0 saturated carbocycles. The predicted molar refractivity (Wildman–Crippen MR) is 85.1 cm³/mol. The molecule has 0 radical (unpaired) electrons. The molecule has 3 heterocycles. The van der Waals surface area contributed by atoms with Crippen LogP contribution in [0, 0.1) is 6.92 Å². The van der Waals surface area contributed by atoms with E-state index >= 15 is 0 Å². The van der Waals surface area contributed by atoms with Gasteiger partial charge >= 0.3 is 0 Å². The Balaban J connectivity index is 2.22. The molecule has 0 N–H and O–H groups in total. The van der Waals surface area contributed by atoms with Gasteiger partial charge < -0.3 is 0 Å². The van der Waals surface area contributed by atoms with Crippen LogP contribution in [0.25, 0.3) is 26.3 Å². The number of fused-ring (bicyclic) bond motifs is 5. The van der Waals surface area contributed by atoms with E-state index in [4.69, 9.17) is 0 Å². The minimum atomic E-state index is -0.0306. The number of benzene rings is 1. The van der Waals surface area contributed by atoms with Crippen LogP contribution in [-0.4, -0.2) is 18.9 Å². The van der Waals surface area contributed by atoms with Gasteiger partial charge in [-0.2, -0.15) is 0 Å². The number of aromatic nitrogens is 4. The minimum absolute atomic E-state index is 0.0306. The molecule has 0 amide bonds. The summed E-state index contributed by atoms with van der Waals surface area (Å²) in [6.07, 6.45) is 1.70. The smallest absolute Gasteiger partial charge is 0.273 e. The Morgan fingerprint density at radius 2 is 2.14 bits per heavy atom. The van der Waals surface area contributed by atoms with Gasteiger partial charge in [0.25, 0.3) is 5.56 Å². The quantitative estimate of drug-likeness (QED) is 0.534. The zero-order valence-electron chi connectivity index (χ0n) is 11.4. The summed E-state index contributed by atoms with van der Waals surface area (Å²) in [5.74, 6) is 0.685. The molecule has 0 fully saturated rings. The number of nitrogens with zero attached hydrogens (tertiary/aromatic N) is 4. The van der Waals surface area contributed by atoms with Crippen molar-refractivity contribution >= 4 is 37.7 Å². The van der Waals surface area contributed by atoms with Crippen molar-refractivity contribution in [2.75, 3.05) is 0 Å². The normalized spacial score (nSPS) is 11.7. The molecule has 21 heavy (non-hydrogen) atoms. The van der Waals surface area contributed by atoms with Crippen LogP contribution in [0.2, 0.25) is 0 Å². The SMILES string of the molecule is C=CCn1c(C)nc2c(sc3nc4ccccc4n32)c1=O. The number of imidazole rings is 1. The van der Waals surface area contributed by atoms with Crippen LogP contribution >= 0.6 is 11.3 Å². The Morgan fingerprint density at radius 3 is 2.95 bits per heavy atom. The molecule has 1 aromatic carbocycles. The lowest BCUT2D eigenvalue weighted by Crippen LogP contribution is -2.22. The molecule has 0 spiro atoms. The summed E-state index contributed by atoms with van der Waals surface area (Å²) in [5.41, 5.74) is 2.55. The molecule has 4 aromatic rings. The Kier molecular flexibility index (Phi) is 2.49. The largest absolute Gasteiger partial charge is 0.292 e. The molecular weight excluding hydrogens is 284 g/mol.